The van der Waals surface area contributed by atoms with Crippen molar-refractivity contribution in [1.29, 1.82) is 0 Å². The molecule has 0 spiro atoms. The highest BCUT2D eigenvalue weighted by Gasteiger charge is 2.13. The van der Waals surface area contributed by atoms with Crippen LogP contribution in [0.25, 0.3) is 10.8 Å². The van der Waals surface area contributed by atoms with E-state index in [1.54, 1.807) is 0 Å². The average Bonchev–Trinajstić information content (AvgIpc) is 2.47. The van der Waals surface area contributed by atoms with Crippen LogP contribution < -0.4 is 0 Å². The van der Waals surface area contributed by atoms with Crippen LogP contribution in [0.4, 0.5) is 0 Å². The van der Waals surface area contributed by atoms with E-state index in [9.17, 15) is 0 Å². The van der Waals surface area contributed by atoms with Gasteiger partial charge in [-0.3, -0.25) is 0 Å². The second-order valence-corrected chi connectivity index (χ2v) is 5.61. The van der Waals surface area contributed by atoms with Crippen molar-refractivity contribution in [3.05, 3.63) is 47.5 Å². The Bertz CT molecular complexity index is 535. The van der Waals surface area contributed by atoms with Crippen LogP contribution in [0.15, 0.2) is 36.4 Å². The van der Waals surface area contributed by atoms with Crippen LogP contribution in [-0.2, 0) is 0 Å². The number of benzene rings is 2. The Balaban J connectivity index is 2.63. The monoisotopic (exact) mass is 254 g/mol. The summed E-state index contributed by atoms with van der Waals surface area (Å²) in [5.74, 6) is 1.33. The third kappa shape index (κ3) is 2.68. The van der Waals surface area contributed by atoms with Gasteiger partial charge in [0.2, 0.25) is 0 Å². The molecule has 1 unspecified atom stereocenters. The first-order chi connectivity index (χ1) is 9.22. The third-order valence-corrected chi connectivity index (χ3v) is 4.56. The predicted molar refractivity (Wildman–Crippen MR) is 86.0 cm³/mol. The summed E-state index contributed by atoms with van der Waals surface area (Å²) in [6.07, 6.45) is 3.65. The van der Waals surface area contributed by atoms with Crippen molar-refractivity contribution in [2.75, 3.05) is 0 Å². The van der Waals surface area contributed by atoms with Gasteiger partial charge in [0.15, 0.2) is 0 Å². The van der Waals surface area contributed by atoms with Crippen molar-refractivity contribution in [1.82, 2.24) is 0 Å². The third-order valence-electron chi connectivity index (χ3n) is 4.56. The van der Waals surface area contributed by atoms with Crippen LogP contribution in [0.3, 0.4) is 0 Å². The molecule has 0 aliphatic rings. The van der Waals surface area contributed by atoms with Gasteiger partial charge in [0.05, 0.1) is 0 Å². The van der Waals surface area contributed by atoms with E-state index in [-0.39, 0.29) is 0 Å². The van der Waals surface area contributed by atoms with Gasteiger partial charge in [0.25, 0.3) is 0 Å². The highest BCUT2D eigenvalue weighted by atomic mass is 14.2. The highest BCUT2D eigenvalue weighted by Crippen LogP contribution is 2.34. The van der Waals surface area contributed by atoms with Gasteiger partial charge in [0, 0.05) is 0 Å². The number of rotatable bonds is 5. The molecule has 0 aliphatic heterocycles. The standard InChI is InChI=1S/C19H26/c1-5-14(4)16-10-8-13-19-17(15(6-2)7-3)11-9-12-18(16)19/h8-15H,5-7H2,1-4H3. The maximum Gasteiger partial charge on any atom is -0.0146 e. The van der Waals surface area contributed by atoms with E-state index in [0.29, 0.717) is 11.8 Å². The second kappa shape index (κ2) is 6.23. The summed E-state index contributed by atoms with van der Waals surface area (Å²) in [4.78, 5) is 0. The van der Waals surface area contributed by atoms with Gasteiger partial charge in [-0.15, -0.1) is 0 Å². The molecule has 0 saturated heterocycles. The zero-order valence-electron chi connectivity index (χ0n) is 12.7. The maximum absolute atomic E-state index is 2.33. The quantitative estimate of drug-likeness (QED) is 0.591. The number of fused-ring (bicyclic) bond motifs is 1. The second-order valence-electron chi connectivity index (χ2n) is 5.61. The van der Waals surface area contributed by atoms with Crippen LogP contribution in [0.1, 0.15) is 69.9 Å². The molecule has 0 aromatic heterocycles. The summed E-state index contributed by atoms with van der Waals surface area (Å²) in [6, 6.07) is 13.7. The molecule has 0 bridgehead atoms. The molecule has 2 rings (SSSR count). The van der Waals surface area contributed by atoms with Crippen molar-refractivity contribution in [3.63, 3.8) is 0 Å². The molecule has 102 valence electrons. The molecule has 0 amide bonds. The molecular formula is C19H26. The van der Waals surface area contributed by atoms with E-state index in [4.69, 9.17) is 0 Å². The lowest BCUT2D eigenvalue weighted by Gasteiger charge is -2.19. The van der Waals surface area contributed by atoms with Gasteiger partial charge in [-0.25, -0.2) is 0 Å². The van der Waals surface area contributed by atoms with Crippen molar-refractivity contribution in [3.8, 4) is 0 Å². The largest absolute Gasteiger partial charge is 0.0648 e. The van der Waals surface area contributed by atoms with E-state index in [1.165, 1.54) is 41.2 Å². The van der Waals surface area contributed by atoms with Gasteiger partial charge >= 0.3 is 0 Å². The fourth-order valence-electron chi connectivity index (χ4n) is 3.09. The molecule has 0 nitrogen and oxygen atoms in total. The summed E-state index contributed by atoms with van der Waals surface area (Å²) >= 11 is 0. The summed E-state index contributed by atoms with van der Waals surface area (Å²) in [7, 11) is 0. The van der Waals surface area contributed by atoms with Crippen LogP contribution in [0, 0.1) is 0 Å². The van der Waals surface area contributed by atoms with E-state index in [2.05, 4.69) is 64.1 Å². The van der Waals surface area contributed by atoms with Crippen molar-refractivity contribution in [2.45, 2.75) is 58.8 Å². The van der Waals surface area contributed by atoms with Gasteiger partial charge in [-0.05, 0) is 53.0 Å². The normalized spacial score (nSPS) is 13.1. The summed E-state index contributed by atoms with van der Waals surface area (Å²) in [5.41, 5.74) is 3.04. The molecule has 0 heterocycles. The van der Waals surface area contributed by atoms with Crippen LogP contribution in [0.5, 0.6) is 0 Å². The summed E-state index contributed by atoms with van der Waals surface area (Å²) < 4.78 is 0. The Morgan fingerprint density at radius 2 is 1.26 bits per heavy atom. The van der Waals surface area contributed by atoms with E-state index >= 15 is 0 Å². The average molecular weight is 254 g/mol. The van der Waals surface area contributed by atoms with Crippen molar-refractivity contribution < 1.29 is 0 Å². The predicted octanol–water partition coefficient (Wildman–Crippen LogP) is 6.26. The van der Waals surface area contributed by atoms with Crippen molar-refractivity contribution >= 4 is 10.8 Å². The molecule has 2 aromatic carbocycles. The van der Waals surface area contributed by atoms with Gasteiger partial charge in [-0.1, -0.05) is 64.1 Å². The molecule has 1 atom stereocenters. The van der Waals surface area contributed by atoms with Crippen molar-refractivity contribution in [2.24, 2.45) is 0 Å². The molecule has 19 heavy (non-hydrogen) atoms. The van der Waals surface area contributed by atoms with E-state index in [0.717, 1.165) is 0 Å². The van der Waals surface area contributed by atoms with Gasteiger partial charge in [-0.2, -0.15) is 0 Å². The Kier molecular flexibility index (Phi) is 4.63. The topological polar surface area (TPSA) is 0 Å². The Morgan fingerprint density at radius 1 is 0.737 bits per heavy atom. The smallest absolute Gasteiger partial charge is 0.0146 e. The van der Waals surface area contributed by atoms with Gasteiger partial charge in [0.1, 0.15) is 0 Å². The lowest BCUT2D eigenvalue weighted by molar-refractivity contribution is 0.646. The van der Waals surface area contributed by atoms with Crippen LogP contribution >= 0.6 is 0 Å². The minimum absolute atomic E-state index is 0.639. The lowest BCUT2D eigenvalue weighted by Crippen LogP contribution is -1.99. The molecule has 0 saturated carbocycles. The maximum atomic E-state index is 2.33. The first-order valence-electron chi connectivity index (χ1n) is 7.74. The fraction of sp³-hybridized carbons (Fsp3) is 0.474. The fourth-order valence-corrected chi connectivity index (χ4v) is 3.09. The molecule has 0 N–H and O–H groups in total. The van der Waals surface area contributed by atoms with Gasteiger partial charge < -0.3 is 0 Å². The first-order valence-corrected chi connectivity index (χ1v) is 7.74. The minimum Gasteiger partial charge on any atom is -0.0648 e. The van der Waals surface area contributed by atoms with Crippen LogP contribution in [-0.4, -0.2) is 0 Å². The molecule has 0 aliphatic carbocycles. The number of hydrogen-bond acceptors (Lipinski definition) is 0. The SMILES string of the molecule is CCC(C)c1cccc2c(C(CC)CC)cccc12. The molecule has 0 radical (unpaired) electrons. The Labute approximate surface area is 117 Å². The Morgan fingerprint density at radius 3 is 1.79 bits per heavy atom. The number of hydrogen-bond donors (Lipinski definition) is 0. The van der Waals surface area contributed by atoms with E-state index in [1.807, 2.05) is 0 Å². The molecule has 0 fully saturated rings. The first kappa shape index (κ1) is 14.1. The zero-order valence-corrected chi connectivity index (χ0v) is 12.7. The molecule has 2 aromatic rings. The van der Waals surface area contributed by atoms with Crippen LogP contribution in [0.2, 0.25) is 0 Å². The summed E-state index contributed by atoms with van der Waals surface area (Å²) in [6.45, 7) is 9.20. The highest BCUT2D eigenvalue weighted by molar-refractivity contribution is 5.89. The van der Waals surface area contributed by atoms with E-state index < -0.39 is 0 Å². The Hall–Kier alpha value is -1.30. The minimum atomic E-state index is 0.639. The molecule has 0 heteroatoms. The lowest BCUT2D eigenvalue weighted by atomic mass is 9.86. The summed E-state index contributed by atoms with van der Waals surface area (Å²) in [5, 5.41) is 2.93. The zero-order chi connectivity index (χ0) is 13.8. The molecular weight excluding hydrogens is 228 g/mol.